The minimum Gasteiger partial charge on any atom is -0.478 e. The molecule has 3 rings (SSSR count). The molecule has 0 saturated carbocycles. The molecule has 0 aliphatic carbocycles. The number of carbonyl (C=O) groups excluding carboxylic acids is 1. The topological polar surface area (TPSA) is 63.6 Å². The lowest BCUT2D eigenvalue weighted by Crippen LogP contribution is -2.13. The first kappa shape index (κ1) is 17.0. The van der Waals surface area contributed by atoms with Crippen LogP contribution in [0.2, 0.25) is 0 Å². The molecule has 4 nitrogen and oxygen atoms in total. The average Bonchev–Trinajstić information content (AvgIpc) is 2.93. The number of ketones is 1. The van der Waals surface area contributed by atoms with Gasteiger partial charge in [-0.25, -0.2) is 4.79 Å². The number of hydrogen-bond acceptors (Lipinski definition) is 5. The van der Waals surface area contributed by atoms with Gasteiger partial charge in [0.15, 0.2) is 5.78 Å². The first-order valence-electron chi connectivity index (χ1n) is 7.60. The van der Waals surface area contributed by atoms with Gasteiger partial charge in [-0.15, -0.1) is 11.3 Å². The first-order valence-corrected chi connectivity index (χ1v) is 8.83. The smallest absolute Gasteiger partial charge is 0.337 e. The van der Waals surface area contributed by atoms with E-state index in [9.17, 15) is 14.7 Å². The molecule has 0 fully saturated rings. The van der Waals surface area contributed by atoms with Crippen LogP contribution in [-0.4, -0.2) is 28.3 Å². The summed E-state index contributed by atoms with van der Waals surface area (Å²) < 4.78 is 5.40. The minimum atomic E-state index is -0.929. The monoisotopic (exact) mass is 360 g/mol. The molecule has 0 unspecified atom stereocenters. The first-order chi connectivity index (χ1) is 11.6. The molecule has 0 bridgehead atoms. The van der Waals surface area contributed by atoms with Crippen LogP contribution in [0, 0.1) is 0 Å². The Kier molecular flexibility index (Phi) is 5.18. The van der Waals surface area contributed by atoms with Crippen LogP contribution in [0.3, 0.4) is 0 Å². The van der Waals surface area contributed by atoms with Gasteiger partial charge < -0.3 is 9.84 Å². The normalized spacial score (nSPS) is 13.3. The van der Waals surface area contributed by atoms with E-state index in [0.29, 0.717) is 42.0 Å². The number of thiophene rings is 1. The largest absolute Gasteiger partial charge is 0.478 e. The molecule has 1 aromatic carbocycles. The second-order valence-corrected chi connectivity index (χ2v) is 7.36. The Bertz CT molecular complexity index is 793. The predicted octanol–water partition coefficient (Wildman–Crippen LogP) is 3.70. The quantitative estimate of drug-likeness (QED) is 0.628. The Morgan fingerprint density at radius 2 is 2.00 bits per heavy atom. The molecule has 24 heavy (non-hydrogen) atoms. The van der Waals surface area contributed by atoms with Crippen LogP contribution in [0.25, 0.3) is 0 Å². The highest BCUT2D eigenvalue weighted by molar-refractivity contribution is 7.80. The summed E-state index contributed by atoms with van der Waals surface area (Å²) in [4.78, 5) is 26.1. The molecule has 1 N–H and O–H groups in total. The molecule has 0 spiro atoms. The van der Waals surface area contributed by atoms with Gasteiger partial charge in [0.05, 0.1) is 18.8 Å². The molecule has 1 aromatic heterocycles. The van der Waals surface area contributed by atoms with E-state index in [1.54, 1.807) is 12.1 Å². The highest BCUT2D eigenvalue weighted by atomic mass is 32.1. The van der Waals surface area contributed by atoms with Crippen molar-refractivity contribution < 1.29 is 19.4 Å². The Morgan fingerprint density at radius 1 is 1.25 bits per heavy atom. The SMILES string of the molecule is O=C(CC(=S)Cc1sc2c(c1C(=O)O)CCOC2)c1ccccc1. The van der Waals surface area contributed by atoms with Crippen LogP contribution in [0.5, 0.6) is 0 Å². The standard InChI is InChI=1S/C18H16O4S2/c19-14(11-4-2-1-3-5-11)8-12(23)9-15-17(18(20)21)13-6-7-22-10-16(13)24-15/h1-5H,6-10H2,(H,20,21). The summed E-state index contributed by atoms with van der Waals surface area (Å²) in [7, 11) is 0. The Balaban J connectivity index is 1.76. The number of rotatable bonds is 6. The van der Waals surface area contributed by atoms with Crippen molar-refractivity contribution in [2.24, 2.45) is 0 Å². The predicted molar refractivity (Wildman–Crippen MR) is 96.3 cm³/mol. The fourth-order valence-corrected chi connectivity index (χ4v) is 4.50. The molecule has 1 aliphatic heterocycles. The van der Waals surface area contributed by atoms with Crippen molar-refractivity contribution in [3.8, 4) is 0 Å². The van der Waals surface area contributed by atoms with E-state index in [-0.39, 0.29) is 12.2 Å². The third kappa shape index (κ3) is 3.61. The van der Waals surface area contributed by atoms with Gasteiger partial charge in [0.1, 0.15) is 0 Å². The van der Waals surface area contributed by atoms with Gasteiger partial charge in [-0.1, -0.05) is 42.5 Å². The summed E-state index contributed by atoms with van der Waals surface area (Å²) in [6.45, 7) is 0.996. The summed E-state index contributed by atoms with van der Waals surface area (Å²) >= 11 is 6.80. The van der Waals surface area contributed by atoms with Crippen molar-refractivity contribution in [3.63, 3.8) is 0 Å². The molecule has 0 atom stereocenters. The number of thiocarbonyl (C=S) groups is 1. The molecule has 0 radical (unpaired) electrons. The maximum atomic E-state index is 12.2. The van der Waals surface area contributed by atoms with E-state index in [0.717, 1.165) is 15.3 Å². The summed E-state index contributed by atoms with van der Waals surface area (Å²) in [5, 5.41) is 9.54. The lowest BCUT2D eigenvalue weighted by molar-refractivity contribution is 0.0691. The number of fused-ring (bicyclic) bond motifs is 1. The van der Waals surface area contributed by atoms with Gasteiger partial charge in [0, 0.05) is 33.0 Å². The van der Waals surface area contributed by atoms with Crippen molar-refractivity contribution in [1.82, 2.24) is 0 Å². The molecule has 0 saturated heterocycles. The molecule has 2 aromatic rings. The number of ether oxygens (including phenoxy) is 1. The van der Waals surface area contributed by atoms with Crippen molar-refractivity contribution in [2.75, 3.05) is 6.61 Å². The Labute approximate surface area is 149 Å². The number of aromatic carboxylic acids is 1. The number of carboxylic acids is 1. The van der Waals surface area contributed by atoms with Gasteiger partial charge in [0.2, 0.25) is 0 Å². The van der Waals surface area contributed by atoms with Crippen molar-refractivity contribution in [1.29, 1.82) is 0 Å². The van der Waals surface area contributed by atoms with Gasteiger partial charge in [-0.2, -0.15) is 0 Å². The molecule has 2 heterocycles. The lowest BCUT2D eigenvalue weighted by atomic mass is 10.0. The molecule has 1 aliphatic rings. The van der Waals surface area contributed by atoms with Crippen LogP contribution >= 0.6 is 23.6 Å². The van der Waals surface area contributed by atoms with Gasteiger partial charge in [0.25, 0.3) is 0 Å². The highest BCUT2D eigenvalue weighted by Gasteiger charge is 2.26. The van der Waals surface area contributed by atoms with Crippen molar-refractivity contribution in [3.05, 3.63) is 56.8 Å². The van der Waals surface area contributed by atoms with Crippen molar-refractivity contribution in [2.45, 2.75) is 25.9 Å². The number of Topliss-reactive ketones (excluding diaryl/α,β-unsaturated/α-hetero) is 1. The molecular formula is C18H16O4S2. The van der Waals surface area contributed by atoms with Crippen LogP contribution in [-0.2, 0) is 24.2 Å². The van der Waals surface area contributed by atoms with Crippen molar-refractivity contribution >= 4 is 40.2 Å². The van der Waals surface area contributed by atoms with E-state index >= 15 is 0 Å². The van der Waals surface area contributed by atoms with Gasteiger partial charge >= 0.3 is 5.97 Å². The number of carbonyl (C=O) groups is 2. The Hall–Kier alpha value is -1.89. The second-order valence-electron chi connectivity index (χ2n) is 5.59. The second kappa shape index (κ2) is 7.34. The minimum absolute atomic E-state index is 0.0397. The maximum absolute atomic E-state index is 12.2. The van der Waals surface area contributed by atoms with E-state index in [1.807, 2.05) is 18.2 Å². The maximum Gasteiger partial charge on any atom is 0.337 e. The fourth-order valence-electron chi connectivity index (χ4n) is 2.81. The van der Waals surface area contributed by atoms with E-state index in [2.05, 4.69) is 0 Å². The van der Waals surface area contributed by atoms with Crippen LogP contribution in [0.4, 0.5) is 0 Å². The van der Waals surface area contributed by atoms with Crippen LogP contribution in [0.15, 0.2) is 30.3 Å². The molecule has 6 heteroatoms. The zero-order valence-electron chi connectivity index (χ0n) is 12.9. The average molecular weight is 360 g/mol. The molecule has 0 amide bonds. The van der Waals surface area contributed by atoms with Crippen LogP contribution in [0.1, 0.15) is 42.5 Å². The molecule has 124 valence electrons. The zero-order valence-corrected chi connectivity index (χ0v) is 14.5. The number of carboxylic acid groups (broad SMARTS) is 1. The zero-order chi connectivity index (χ0) is 17.1. The summed E-state index contributed by atoms with van der Waals surface area (Å²) in [5.74, 6) is -0.969. The number of hydrogen-bond donors (Lipinski definition) is 1. The fraction of sp³-hybridized carbons (Fsp3) is 0.278. The van der Waals surface area contributed by atoms with E-state index in [1.165, 1.54) is 11.3 Å². The number of benzene rings is 1. The lowest BCUT2D eigenvalue weighted by Gasteiger charge is -2.12. The van der Waals surface area contributed by atoms with E-state index in [4.69, 9.17) is 17.0 Å². The summed E-state index contributed by atoms with van der Waals surface area (Å²) in [6, 6.07) is 8.99. The summed E-state index contributed by atoms with van der Waals surface area (Å²) in [5.41, 5.74) is 1.84. The molecular weight excluding hydrogens is 344 g/mol. The summed E-state index contributed by atoms with van der Waals surface area (Å²) in [6.07, 6.45) is 1.11. The van der Waals surface area contributed by atoms with E-state index < -0.39 is 5.97 Å². The Morgan fingerprint density at radius 3 is 2.71 bits per heavy atom. The van der Waals surface area contributed by atoms with Crippen LogP contribution < -0.4 is 0 Å². The third-order valence-corrected chi connectivity index (χ3v) is 5.41. The third-order valence-electron chi connectivity index (χ3n) is 3.92. The van der Waals surface area contributed by atoms with Gasteiger partial charge in [-0.05, 0) is 12.0 Å². The van der Waals surface area contributed by atoms with Gasteiger partial charge in [-0.3, -0.25) is 4.79 Å². The highest BCUT2D eigenvalue weighted by Crippen LogP contribution is 2.33.